The van der Waals surface area contributed by atoms with E-state index in [9.17, 15) is 14.4 Å². The van der Waals surface area contributed by atoms with Crippen molar-refractivity contribution in [1.29, 1.82) is 0 Å². The Hall–Kier alpha value is -4.59. The molecule has 1 heterocycles. The molecule has 1 unspecified atom stereocenters. The summed E-state index contributed by atoms with van der Waals surface area (Å²) in [6, 6.07) is 22.2. The van der Waals surface area contributed by atoms with Gasteiger partial charge in [-0.2, -0.15) is 0 Å². The first-order valence-corrected chi connectivity index (χ1v) is 12.3. The van der Waals surface area contributed by atoms with E-state index >= 15 is 0 Å². The van der Waals surface area contributed by atoms with Crippen LogP contribution in [-0.4, -0.2) is 43.2 Å². The number of esters is 1. The smallest absolute Gasteiger partial charge is 0.326 e. The van der Waals surface area contributed by atoms with Crippen molar-refractivity contribution in [3.63, 3.8) is 0 Å². The van der Waals surface area contributed by atoms with E-state index in [0.717, 1.165) is 16.7 Å². The van der Waals surface area contributed by atoms with Gasteiger partial charge in [-0.25, -0.2) is 4.79 Å². The van der Waals surface area contributed by atoms with Crippen LogP contribution in [0.3, 0.4) is 0 Å². The lowest BCUT2D eigenvalue weighted by molar-refractivity contribution is -0.153. The Bertz CT molecular complexity index is 1340. The van der Waals surface area contributed by atoms with Crippen LogP contribution in [0.2, 0.25) is 0 Å². The minimum Gasteiger partial charge on any atom is -0.497 e. The van der Waals surface area contributed by atoms with E-state index < -0.39 is 29.6 Å². The lowest BCUT2D eigenvalue weighted by Gasteiger charge is -2.27. The highest BCUT2D eigenvalue weighted by Crippen LogP contribution is 2.35. The predicted octanol–water partition coefficient (Wildman–Crippen LogP) is 5.01. The minimum absolute atomic E-state index is 0.304. The number of carbonyl (C=O) groups excluding carboxylic acids is 3. The second-order valence-electron chi connectivity index (χ2n) is 9.78. The molecule has 1 atom stereocenters. The van der Waals surface area contributed by atoms with E-state index in [0.29, 0.717) is 17.1 Å². The number of para-hydroxylation sites is 1. The maximum absolute atomic E-state index is 13.9. The largest absolute Gasteiger partial charge is 0.497 e. The van der Waals surface area contributed by atoms with Gasteiger partial charge in [0.2, 0.25) is 0 Å². The molecule has 0 fully saturated rings. The number of benzene rings is 3. The Labute approximate surface area is 222 Å². The lowest BCUT2D eigenvalue weighted by atomic mass is 9.95. The molecule has 3 aromatic carbocycles. The Kier molecular flexibility index (Phi) is 7.81. The summed E-state index contributed by atoms with van der Waals surface area (Å²) in [6.45, 7) is 5.01. The molecular formula is C30H31N3O5. The summed E-state index contributed by atoms with van der Waals surface area (Å²) in [5.41, 5.74) is 2.76. The molecule has 0 saturated heterocycles. The Morgan fingerprint density at radius 2 is 1.58 bits per heavy atom. The third kappa shape index (κ3) is 6.39. The summed E-state index contributed by atoms with van der Waals surface area (Å²) < 4.78 is 10.7. The molecule has 4 rings (SSSR count). The molecule has 0 radical (unpaired) electrons. The van der Waals surface area contributed by atoms with Crippen LogP contribution in [0.4, 0.5) is 16.2 Å². The van der Waals surface area contributed by atoms with Crippen molar-refractivity contribution < 1.29 is 23.9 Å². The summed E-state index contributed by atoms with van der Waals surface area (Å²) in [4.78, 5) is 41.0. The van der Waals surface area contributed by atoms with Gasteiger partial charge in [-0.15, -0.1) is 0 Å². The monoisotopic (exact) mass is 513 g/mol. The zero-order valence-electron chi connectivity index (χ0n) is 21.9. The summed E-state index contributed by atoms with van der Waals surface area (Å²) in [5.74, 6) is -0.356. The van der Waals surface area contributed by atoms with E-state index in [2.05, 4.69) is 10.6 Å². The molecule has 0 spiro atoms. The zero-order valence-corrected chi connectivity index (χ0v) is 21.9. The number of methoxy groups -OCH3 is 1. The van der Waals surface area contributed by atoms with E-state index in [-0.39, 0.29) is 6.54 Å². The maximum atomic E-state index is 13.9. The molecule has 3 amide bonds. The van der Waals surface area contributed by atoms with Crippen LogP contribution in [0.5, 0.6) is 5.75 Å². The van der Waals surface area contributed by atoms with Gasteiger partial charge in [0, 0.05) is 11.3 Å². The van der Waals surface area contributed by atoms with Crippen LogP contribution in [0.1, 0.15) is 31.9 Å². The third-order valence-electron chi connectivity index (χ3n) is 5.78. The SMILES string of the molecule is COc1ccc(NC(=O)NC2C=C(c3ccccc3)c3ccccc3N(CC(=O)OC(C)(C)C)C2=O)cc1. The van der Waals surface area contributed by atoms with Crippen molar-refractivity contribution in [3.05, 3.63) is 96.1 Å². The fourth-order valence-electron chi connectivity index (χ4n) is 4.17. The van der Waals surface area contributed by atoms with E-state index in [1.165, 1.54) is 4.90 Å². The second kappa shape index (κ2) is 11.2. The number of hydrogen-bond donors (Lipinski definition) is 2. The summed E-state index contributed by atoms with van der Waals surface area (Å²) in [5, 5.41) is 5.52. The van der Waals surface area contributed by atoms with Crippen LogP contribution >= 0.6 is 0 Å². The first-order valence-electron chi connectivity index (χ1n) is 12.3. The van der Waals surface area contributed by atoms with Crippen molar-refractivity contribution in [3.8, 4) is 5.75 Å². The van der Waals surface area contributed by atoms with Gasteiger partial charge in [-0.05, 0) is 68.3 Å². The normalized spacial score (nSPS) is 15.1. The number of anilines is 2. The van der Waals surface area contributed by atoms with Crippen LogP contribution in [0.15, 0.2) is 84.9 Å². The summed E-state index contributed by atoms with van der Waals surface area (Å²) >= 11 is 0. The van der Waals surface area contributed by atoms with E-state index in [4.69, 9.17) is 9.47 Å². The molecule has 0 aromatic heterocycles. The standard InChI is InChI=1S/C30H31N3O5/c1-30(2,3)38-27(34)19-33-26-13-9-8-12-23(26)24(20-10-6-5-7-11-20)18-25(28(33)35)32-29(36)31-21-14-16-22(37-4)17-15-21/h5-18,25H,19H2,1-4H3,(H2,31,32,36). The van der Waals surface area contributed by atoms with Crippen LogP contribution in [0.25, 0.3) is 5.57 Å². The Morgan fingerprint density at radius 3 is 2.24 bits per heavy atom. The molecule has 8 nitrogen and oxygen atoms in total. The molecule has 0 bridgehead atoms. The molecule has 38 heavy (non-hydrogen) atoms. The van der Waals surface area contributed by atoms with Crippen LogP contribution in [0, 0.1) is 0 Å². The number of amides is 3. The molecule has 1 aliphatic heterocycles. The molecule has 3 aromatic rings. The Balaban J connectivity index is 1.70. The topological polar surface area (TPSA) is 97.0 Å². The molecule has 196 valence electrons. The van der Waals surface area contributed by atoms with Crippen molar-refractivity contribution in [2.24, 2.45) is 0 Å². The minimum atomic E-state index is -1.06. The molecule has 0 saturated carbocycles. The van der Waals surface area contributed by atoms with Gasteiger partial charge in [0.05, 0.1) is 12.8 Å². The number of carbonyl (C=O) groups is 3. The zero-order chi connectivity index (χ0) is 27.3. The van der Waals surface area contributed by atoms with Crippen molar-refractivity contribution in [1.82, 2.24) is 5.32 Å². The quantitative estimate of drug-likeness (QED) is 0.452. The van der Waals surface area contributed by atoms with E-state index in [1.54, 1.807) is 70.4 Å². The average Bonchev–Trinajstić information content (AvgIpc) is 2.99. The summed E-state index contributed by atoms with van der Waals surface area (Å²) in [6.07, 6.45) is 1.72. The van der Waals surface area contributed by atoms with Gasteiger partial charge >= 0.3 is 12.0 Å². The van der Waals surface area contributed by atoms with Gasteiger partial charge in [0.25, 0.3) is 5.91 Å². The molecular weight excluding hydrogens is 482 g/mol. The van der Waals surface area contributed by atoms with Gasteiger partial charge in [-0.1, -0.05) is 48.5 Å². The van der Waals surface area contributed by atoms with Crippen LogP contribution in [-0.2, 0) is 14.3 Å². The highest BCUT2D eigenvalue weighted by Gasteiger charge is 2.34. The molecule has 0 aliphatic carbocycles. The lowest BCUT2D eigenvalue weighted by Crippen LogP contribution is -2.50. The number of nitrogens with one attached hydrogen (secondary N) is 2. The number of rotatable bonds is 6. The van der Waals surface area contributed by atoms with Gasteiger partial charge in [-0.3, -0.25) is 14.5 Å². The van der Waals surface area contributed by atoms with Crippen molar-refractivity contribution >= 4 is 34.9 Å². The fraction of sp³-hybridized carbons (Fsp3) is 0.233. The third-order valence-corrected chi connectivity index (χ3v) is 5.78. The first kappa shape index (κ1) is 26.5. The van der Waals surface area contributed by atoms with Gasteiger partial charge < -0.3 is 20.1 Å². The number of nitrogens with zero attached hydrogens (tertiary/aromatic N) is 1. The highest BCUT2D eigenvalue weighted by molar-refractivity contribution is 6.09. The van der Waals surface area contributed by atoms with Gasteiger partial charge in [0.1, 0.15) is 23.9 Å². The van der Waals surface area contributed by atoms with E-state index in [1.807, 2.05) is 42.5 Å². The maximum Gasteiger partial charge on any atom is 0.326 e. The molecule has 2 N–H and O–H groups in total. The Morgan fingerprint density at radius 1 is 0.921 bits per heavy atom. The van der Waals surface area contributed by atoms with Crippen molar-refractivity contribution in [2.75, 3.05) is 23.9 Å². The first-order chi connectivity index (χ1) is 18.1. The summed E-state index contributed by atoms with van der Waals surface area (Å²) in [7, 11) is 1.56. The predicted molar refractivity (Wildman–Crippen MR) is 147 cm³/mol. The number of hydrogen-bond acceptors (Lipinski definition) is 5. The number of ether oxygens (including phenoxy) is 2. The highest BCUT2D eigenvalue weighted by atomic mass is 16.6. The van der Waals surface area contributed by atoms with Crippen molar-refractivity contribution in [2.45, 2.75) is 32.4 Å². The fourth-order valence-corrected chi connectivity index (χ4v) is 4.17. The molecule has 8 heteroatoms. The average molecular weight is 514 g/mol. The number of urea groups is 1. The second-order valence-corrected chi connectivity index (χ2v) is 9.78. The van der Waals surface area contributed by atoms with Crippen LogP contribution < -0.4 is 20.3 Å². The van der Waals surface area contributed by atoms with Gasteiger partial charge in [0.15, 0.2) is 0 Å². The molecule has 1 aliphatic rings. The number of fused-ring (bicyclic) bond motifs is 1.